The zero-order valence-electron chi connectivity index (χ0n) is 18.0. The van der Waals surface area contributed by atoms with Gasteiger partial charge >= 0.3 is 5.97 Å². The van der Waals surface area contributed by atoms with Crippen molar-refractivity contribution >= 4 is 5.97 Å². The fourth-order valence-electron chi connectivity index (χ4n) is 3.51. The highest BCUT2D eigenvalue weighted by Gasteiger charge is 2.10. The van der Waals surface area contributed by atoms with Crippen molar-refractivity contribution in [3.05, 3.63) is 59.4 Å². The quantitative estimate of drug-likeness (QED) is 0.255. The Bertz CT molecular complexity index is 737. The summed E-state index contributed by atoms with van der Waals surface area (Å²) in [5, 5.41) is 0. The van der Waals surface area contributed by atoms with E-state index in [0.717, 1.165) is 36.8 Å². The van der Waals surface area contributed by atoms with Gasteiger partial charge in [-0.25, -0.2) is 9.18 Å². The van der Waals surface area contributed by atoms with Crippen LogP contribution in [0.1, 0.15) is 87.6 Å². The number of ether oxygens (including phenoxy) is 1. The molecule has 2 aromatic carbocycles. The van der Waals surface area contributed by atoms with Crippen molar-refractivity contribution in [2.45, 2.75) is 78.1 Å². The predicted octanol–water partition coefficient (Wildman–Crippen LogP) is 7.74. The topological polar surface area (TPSA) is 26.3 Å². The minimum absolute atomic E-state index is 0.221. The zero-order valence-corrected chi connectivity index (χ0v) is 18.0. The fourth-order valence-corrected chi connectivity index (χ4v) is 3.51. The number of hydrogen-bond donors (Lipinski definition) is 0. The third-order valence-corrected chi connectivity index (χ3v) is 5.23. The number of halogens is 1. The van der Waals surface area contributed by atoms with E-state index in [9.17, 15) is 9.18 Å². The number of hydrogen-bond acceptors (Lipinski definition) is 2. The van der Waals surface area contributed by atoms with Crippen LogP contribution in [-0.4, -0.2) is 12.6 Å². The van der Waals surface area contributed by atoms with E-state index in [1.54, 1.807) is 30.3 Å². The molecule has 0 N–H and O–H groups in total. The second kappa shape index (κ2) is 13.1. The molecule has 0 amide bonds. The zero-order chi connectivity index (χ0) is 20.9. The Morgan fingerprint density at radius 2 is 1.48 bits per heavy atom. The Morgan fingerprint density at radius 1 is 0.828 bits per heavy atom. The van der Waals surface area contributed by atoms with Gasteiger partial charge in [-0.05, 0) is 42.2 Å². The molecule has 2 rings (SSSR count). The molecule has 158 valence electrons. The largest absolute Gasteiger partial charge is 0.462 e. The van der Waals surface area contributed by atoms with Crippen molar-refractivity contribution in [3.8, 4) is 11.1 Å². The molecule has 0 aromatic heterocycles. The molecule has 0 aliphatic rings. The lowest BCUT2D eigenvalue weighted by Gasteiger charge is -2.08. The van der Waals surface area contributed by atoms with E-state index in [-0.39, 0.29) is 11.8 Å². The molecule has 0 heterocycles. The van der Waals surface area contributed by atoms with Gasteiger partial charge in [-0.1, -0.05) is 89.5 Å². The number of aryl methyl sites for hydroxylation is 1. The summed E-state index contributed by atoms with van der Waals surface area (Å²) in [4.78, 5) is 12.2. The van der Waals surface area contributed by atoms with Crippen LogP contribution in [0, 0.1) is 5.82 Å². The maximum absolute atomic E-state index is 14.4. The standard InChI is InChI=1S/C26H35FO2/c1-3-5-6-7-8-9-10-11-19-29-26(28)23-16-14-22(15-17-23)24-18-13-21(12-4-2)20-25(24)27/h13-18,20H,3-12,19H2,1-2H3. The van der Waals surface area contributed by atoms with Gasteiger partial charge < -0.3 is 4.74 Å². The van der Waals surface area contributed by atoms with Gasteiger partial charge in [0.2, 0.25) is 0 Å². The van der Waals surface area contributed by atoms with Crippen molar-refractivity contribution in [1.82, 2.24) is 0 Å². The molecule has 3 heteroatoms. The van der Waals surface area contributed by atoms with E-state index in [2.05, 4.69) is 13.8 Å². The highest BCUT2D eigenvalue weighted by molar-refractivity contribution is 5.90. The van der Waals surface area contributed by atoms with Crippen LogP contribution in [0.15, 0.2) is 42.5 Å². The molecule has 0 aliphatic heterocycles. The summed E-state index contributed by atoms with van der Waals surface area (Å²) in [6.07, 6.45) is 11.6. The average Bonchev–Trinajstić information content (AvgIpc) is 2.73. The van der Waals surface area contributed by atoms with Crippen molar-refractivity contribution in [1.29, 1.82) is 0 Å². The van der Waals surface area contributed by atoms with Gasteiger partial charge in [-0.3, -0.25) is 0 Å². The SMILES string of the molecule is CCCCCCCCCCOC(=O)c1ccc(-c2ccc(CCC)cc2F)cc1. The first-order chi connectivity index (χ1) is 14.2. The smallest absolute Gasteiger partial charge is 0.338 e. The summed E-state index contributed by atoms with van der Waals surface area (Å²) >= 11 is 0. The van der Waals surface area contributed by atoms with E-state index in [0.29, 0.717) is 17.7 Å². The van der Waals surface area contributed by atoms with Gasteiger partial charge in [-0.2, -0.15) is 0 Å². The monoisotopic (exact) mass is 398 g/mol. The Kier molecular flexibility index (Phi) is 10.5. The number of rotatable bonds is 13. The van der Waals surface area contributed by atoms with E-state index < -0.39 is 0 Å². The van der Waals surface area contributed by atoms with Crippen LogP contribution in [0.3, 0.4) is 0 Å². The van der Waals surface area contributed by atoms with Crippen molar-refractivity contribution < 1.29 is 13.9 Å². The van der Waals surface area contributed by atoms with E-state index >= 15 is 0 Å². The molecule has 2 nitrogen and oxygen atoms in total. The number of esters is 1. The van der Waals surface area contributed by atoms with Crippen molar-refractivity contribution in [2.24, 2.45) is 0 Å². The molecule has 0 saturated carbocycles. The second-order valence-electron chi connectivity index (χ2n) is 7.75. The van der Waals surface area contributed by atoms with Crippen molar-refractivity contribution in [3.63, 3.8) is 0 Å². The Labute approximate surface area is 175 Å². The van der Waals surface area contributed by atoms with Gasteiger partial charge in [-0.15, -0.1) is 0 Å². The Balaban J connectivity index is 1.76. The highest BCUT2D eigenvalue weighted by atomic mass is 19.1. The van der Waals surface area contributed by atoms with Crippen molar-refractivity contribution in [2.75, 3.05) is 6.61 Å². The molecule has 0 spiro atoms. The third-order valence-electron chi connectivity index (χ3n) is 5.23. The molecular weight excluding hydrogens is 363 g/mol. The summed E-state index contributed by atoms with van der Waals surface area (Å²) in [6.45, 7) is 4.77. The maximum Gasteiger partial charge on any atom is 0.338 e. The molecular formula is C26H35FO2. The van der Waals surface area contributed by atoms with Crippen LogP contribution in [0.4, 0.5) is 4.39 Å². The van der Waals surface area contributed by atoms with Crippen LogP contribution in [0.5, 0.6) is 0 Å². The van der Waals surface area contributed by atoms with Gasteiger partial charge in [0, 0.05) is 5.56 Å². The summed E-state index contributed by atoms with van der Waals surface area (Å²) in [6, 6.07) is 12.4. The Hall–Kier alpha value is -2.16. The van der Waals surface area contributed by atoms with Gasteiger partial charge in [0.15, 0.2) is 0 Å². The molecule has 0 saturated heterocycles. The van der Waals surface area contributed by atoms with Crippen LogP contribution in [0.2, 0.25) is 0 Å². The van der Waals surface area contributed by atoms with E-state index in [4.69, 9.17) is 4.74 Å². The maximum atomic E-state index is 14.4. The van der Waals surface area contributed by atoms with Gasteiger partial charge in [0.05, 0.1) is 12.2 Å². The van der Waals surface area contributed by atoms with E-state index in [1.165, 1.54) is 38.5 Å². The van der Waals surface area contributed by atoms with Gasteiger partial charge in [0.1, 0.15) is 5.82 Å². The molecule has 2 aromatic rings. The lowest BCUT2D eigenvalue weighted by Crippen LogP contribution is -2.06. The first-order valence-corrected chi connectivity index (χ1v) is 11.2. The molecule has 0 unspecified atom stereocenters. The van der Waals surface area contributed by atoms with Crippen LogP contribution in [-0.2, 0) is 11.2 Å². The summed E-state index contributed by atoms with van der Waals surface area (Å²) in [5.74, 6) is -0.528. The molecule has 29 heavy (non-hydrogen) atoms. The summed E-state index contributed by atoms with van der Waals surface area (Å²) in [7, 11) is 0. The first-order valence-electron chi connectivity index (χ1n) is 11.2. The molecule has 0 atom stereocenters. The normalized spacial score (nSPS) is 10.9. The molecule has 0 aliphatic carbocycles. The molecule has 0 radical (unpaired) electrons. The second-order valence-corrected chi connectivity index (χ2v) is 7.75. The number of benzene rings is 2. The Morgan fingerprint density at radius 3 is 2.10 bits per heavy atom. The number of carbonyl (C=O) groups is 1. The predicted molar refractivity (Wildman–Crippen MR) is 119 cm³/mol. The fraction of sp³-hybridized carbons (Fsp3) is 0.500. The molecule has 0 bridgehead atoms. The van der Waals surface area contributed by atoms with Crippen LogP contribution < -0.4 is 0 Å². The van der Waals surface area contributed by atoms with Gasteiger partial charge in [0.25, 0.3) is 0 Å². The lowest BCUT2D eigenvalue weighted by atomic mass is 10.0. The van der Waals surface area contributed by atoms with Crippen LogP contribution in [0.25, 0.3) is 11.1 Å². The van der Waals surface area contributed by atoms with Crippen LogP contribution >= 0.6 is 0 Å². The minimum Gasteiger partial charge on any atom is -0.462 e. The number of carbonyl (C=O) groups excluding carboxylic acids is 1. The lowest BCUT2D eigenvalue weighted by molar-refractivity contribution is 0.0497. The third kappa shape index (κ3) is 8.00. The van der Waals surface area contributed by atoms with E-state index in [1.807, 2.05) is 12.1 Å². The first kappa shape index (κ1) is 23.1. The highest BCUT2D eigenvalue weighted by Crippen LogP contribution is 2.24. The molecule has 0 fully saturated rings. The number of unbranched alkanes of at least 4 members (excludes halogenated alkanes) is 7. The summed E-state index contributed by atoms with van der Waals surface area (Å²) < 4.78 is 19.8. The average molecular weight is 399 g/mol. The minimum atomic E-state index is -0.307. The summed E-state index contributed by atoms with van der Waals surface area (Å²) in [5.41, 5.74) is 2.85.